The van der Waals surface area contributed by atoms with Crippen LogP contribution in [0, 0.1) is 39.8 Å². The van der Waals surface area contributed by atoms with Crippen LogP contribution in [0.25, 0.3) is 32.7 Å². The third-order valence-corrected chi connectivity index (χ3v) is 17.8. The molecule has 16 nitrogen and oxygen atoms in total. The molecule has 0 aliphatic carbocycles. The summed E-state index contributed by atoms with van der Waals surface area (Å²) in [6, 6.07) is 16.5. The number of aromatic nitrogens is 6. The zero-order chi connectivity index (χ0) is 57.9. The molecule has 3 aliphatic heterocycles. The number of piperidine rings is 3. The number of halogens is 5. The highest BCUT2D eigenvalue weighted by molar-refractivity contribution is 6.32. The Hall–Kier alpha value is -5.24. The highest BCUT2D eigenvalue weighted by atomic mass is 35.5. The van der Waals surface area contributed by atoms with E-state index in [9.17, 15) is 29.3 Å². The SMILES string of the molecule is CC(C)(C)OC(=O)N1CCC(C(C)(C)[C@H](O)c2cc(Cl)cc3cn[nH]c23)CC1.CC(C)(C1CCN(C(=O)Nc2ccc(F)cc2)CC1)[C@H](O)c1cc(Cl)cc2cn[nH]c12.CC(C)(C1CCNCC1)[C@H](O)c1cc(Cl)cc2cn[nH]c12.Cl. The van der Waals surface area contributed by atoms with Crippen molar-refractivity contribution in [2.24, 2.45) is 34.0 Å². The number of hydrogen-bond donors (Lipinski definition) is 8. The standard InChI is InChI=1S/C23H26ClFN4O2.C21H30ClN3O3.C16H22ClN3O.ClH/c1-23(2,21(30)19-12-16(24)11-14-13-26-28-20(14)19)15-7-9-29(10-8-15)22(31)27-18-5-3-17(25)4-6-18;1-20(2,3)28-19(27)25-8-6-14(7-9-25)21(4,5)18(26)16-11-15(22)10-13-12-23-24-17(13)16;1-16(2,11-3-5-18-6-4-11)15(21)13-8-12(17)7-10-9-19-20-14(10)13;/h3-6,11-13,15,21,30H,7-10H2,1-2H3,(H,26,28)(H,27,31);10-12,14,18,26H,6-9H2,1-5H3,(H,23,24);7-9,11,15,18,21H,3-6H2,1-2H3,(H,19,20);1H/t21-;18-;15-;/m111./s1. The van der Waals surface area contributed by atoms with Crippen LogP contribution in [0.15, 0.2) is 79.3 Å². The van der Waals surface area contributed by atoms with Crippen LogP contribution in [0.3, 0.4) is 0 Å². The van der Waals surface area contributed by atoms with Gasteiger partial charge in [-0.15, -0.1) is 12.4 Å². The molecule has 0 radical (unpaired) electrons. The maximum absolute atomic E-state index is 13.1. The Morgan fingerprint density at radius 1 is 0.580 bits per heavy atom. The van der Waals surface area contributed by atoms with Gasteiger partial charge in [0.05, 0.1) is 53.5 Å². The van der Waals surface area contributed by atoms with E-state index in [0.717, 1.165) is 101 Å². The summed E-state index contributed by atoms with van der Waals surface area (Å²) in [5, 5.41) is 65.4. The lowest BCUT2D eigenvalue weighted by molar-refractivity contribution is -0.0254. The number of benzene rings is 4. The third-order valence-electron chi connectivity index (χ3n) is 17.2. The number of H-pyrrole nitrogens is 3. The number of rotatable bonds is 10. The van der Waals surface area contributed by atoms with E-state index in [-0.39, 0.29) is 53.0 Å². The molecule has 4 aromatic carbocycles. The minimum Gasteiger partial charge on any atom is -0.444 e. The van der Waals surface area contributed by atoms with E-state index in [2.05, 4.69) is 82.8 Å². The van der Waals surface area contributed by atoms with Crippen LogP contribution < -0.4 is 10.6 Å². The number of carbonyl (C=O) groups is 2. The molecule has 7 aromatic rings. The lowest BCUT2D eigenvalue weighted by Gasteiger charge is -2.43. The summed E-state index contributed by atoms with van der Waals surface area (Å²) >= 11 is 18.7. The van der Waals surface area contributed by atoms with E-state index in [1.165, 1.54) is 12.1 Å². The van der Waals surface area contributed by atoms with E-state index in [1.807, 2.05) is 51.1 Å². The minimum atomic E-state index is -0.737. The summed E-state index contributed by atoms with van der Waals surface area (Å²) in [5.74, 6) is 0.630. The number of anilines is 1. The van der Waals surface area contributed by atoms with Gasteiger partial charge in [0.15, 0.2) is 0 Å². The van der Waals surface area contributed by atoms with Crippen LogP contribution in [0.5, 0.6) is 0 Å². The van der Waals surface area contributed by atoms with Gasteiger partial charge in [-0.1, -0.05) is 76.3 Å². The summed E-state index contributed by atoms with van der Waals surface area (Å²) in [6.45, 7) is 22.7. The number of likely N-dealkylation sites (tertiary alicyclic amines) is 2. The normalized spacial score (nSPS) is 17.4. The molecule has 81 heavy (non-hydrogen) atoms. The Morgan fingerprint density at radius 3 is 1.28 bits per heavy atom. The number of hydrogen-bond acceptors (Lipinski definition) is 10. The van der Waals surface area contributed by atoms with Gasteiger partial charge in [-0.25, -0.2) is 14.0 Å². The smallest absolute Gasteiger partial charge is 0.410 e. The molecule has 0 spiro atoms. The van der Waals surface area contributed by atoms with E-state index in [4.69, 9.17) is 39.5 Å². The number of amides is 3. The molecule has 3 saturated heterocycles. The first-order valence-corrected chi connectivity index (χ1v) is 28.8. The van der Waals surface area contributed by atoms with E-state index < -0.39 is 29.3 Å². The quantitative estimate of drug-likeness (QED) is 0.0647. The fraction of sp³-hybridized carbons (Fsp3) is 0.517. The Morgan fingerprint density at radius 2 is 0.926 bits per heavy atom. The number of carbonyl (C=O) groups excluding carboxylic acids is 2. The largest absolute Gasteiger partial charge is 0.444 e. The van der Waals surface area contributed by atoms with Crippen molar-refractivity contribution in [3.63, 3.8) is 0 Å². The summed E-state index contributed by atoms with van der Waals surface area (Å²) in [4.78, 5) is 28.4. The number of aromatic amines is 3. The predicted molar refractivity (Wildman–Crippen MR) is 323 cm³/mol. The van der Waals surface area contributed by atoms with Crippen molar-refractivity contribution in [3.8, 4) is 0 Å². The lowest BCUT2D eigenvalue weighted by Crippen LogP contribution is -2.45. The summed E-state index contributed by atoms with van der Waals surface area (Å²) in [7, 11) is 0. The van der Waals surface area contributed by atoms with Gasteiger partial charge in [0.2, 0.25) is 0 Å². The van der Waals surface area contributed by atoms with Gasteiger partial charge < -0.3 is 40.5 Å². The van der Waals surface area contributed by atoms with Gasteiger partial charge >= 0.3 is 12.1 Å². The van der Waals surface area contributed by atoms with Crippen molar-refractivity contribution in [3.05, 3.63) is 117 Å². The minimum absolute atomic E-state index is 0. The Balaban J connectivity index is 0.000000177. The Kier molecular flexibility index (Phi) is 20.4. The summed E-state index contributed by atoms with van der Waals surface area (Å²) in [6.07, 6.45) is 8.24. The summed E-state index contributed by atoms with van der Waals surface area (Å²) in [5.41, 5.74) is 3.89. The maximum Gasteiger partial charge on any atom is 0.410 e. The molecule has 0 bridgehead atoms. The number of ether oxygens (including phenoxy) is 1. The third kappa shape index (κ3) is 14.8. The summed E-state index contributed by atoms with van der Waals surface area (Å²) < 4.78 is 18.5. The van der Waals surface area contributed by atoms with Crippen molar-refractivity contribution in [1.29, 1.82) is 0 Å². The van der Waals surface area contributed by atoms with Crippen molar-refractivity contribution < 1.29 is 34.0 Å². The second kappa shape index (κ2) is 26.1. The van der Waals surface area contributed by atoms with Gasteiger partial charge in [0, 0.05) is 79.8 Å². The zero-order valence-electron chi connectivity index (χ0n) is 47.7. The molecule has 3 aromatic heterocycles. The highest BCUT2D eigenvalue weighted by Gasteiger charge is 2.43. The van der Waals surface area contributed by atoms with Gasteiger partial charge in [0.1, 0.15) is 11.4 Å². The molecule has 21 heteroatoms. The van der Waals surface area contributed by atoms with E-state index >= 15 is 0 Å². The number of aliphatic hydroxyl groups is 3. The average Bonchev–Trinajstić information content (AvgIpc) is 4.23. The van der Waals surface area contributed by atoms with Gasteiger partial charge in [-0.2, -0.15) is 15.3 Å². The van der Waals surface area contributed by atoms with Crippen molar-refractivity contribution in [1.82, 2.24) is 45.7 Å². The highest BCUT2D eigenvalue weighted by Crippen LogP contribution is 2.49. The molecular weight excluding hydrogens is 1120 g/mol. The molecular formula is C60H79Cl4FN10O6. The molecule has 6 heterocycles. The van der Waals surface area contributed by atoms with Crippen molar-refractivity contribution in [2.45, 2.75) is 125 Å². The van der Waals surface area contributed by atoms with Crippen LogP contribution in [-0.2, 0) is 4.74 Å². The molecule has 10 rings (SSSR count). The molecule has 8 N–H and O–H groups in total. The van der Waals surface area contributed by atoms with Crippen LogP contribution >= 0.6 is 47.2 Å². The van der Waals surface area contributed by atoms with Crippen LogP contribution in [-0.4, -0.2) is 113 Å². The molecule has 3 aliphatic rings. The van der Waals surface area contributed by atoms with Gasteiger partial charge in [-0.05, 0) is 167 Å². The molecule has 3 atom stereocenters. The first kappa shape index (κ1) is 63.3. The predicted octanol–water partition coefficient (Wildman–Crippen LogP) is 14.0. The first-order valence-electron chi connectivity index (χ1n) is 27.7. The molecule has 440 valence electrons. The van der Waals surface area contributed by atoms with Crippen LogP contribution in [0.4, 0.5) is 19.7 Å². The van der Waals surface area contributed by atoms with Gasteiger partial charge in [-0.3, -0.25) is 15.3 Å². The number of nitrogens with zero attached hydrogens (tertiary/aromatic N) is 5. The second-order valence-corrected chi connectivity index (χ2v) is 25.9. The fourth-order valence-corrected chi connectivity index (χ4v) is 12.6. The van der Waals surface area contributed by atoms with Crippen molar-refractivity contribution in [2.75, 3.05) is 44.6 Å². The monoisotopic (exact) mass is 1190 g/mol. The lowest BCUT2D eigenvalue weighted by atomic mass is 9.68. The number of urea groups is 1. The Bertz CT molecular complexity index is 3230. The first-order chi connectivity index (χ1) is 37.7. The molecule has 0 saturated carbocycles. The van der Waals surface area contributed by atoms with Gasteiger partial charge in [0.25, 0.3) is 0 Å². The number of nitrogens with one attached hydrogen (secondary N) is 5. The second-order valence-electron chi connectivity index (χ2n) is 24.6. The maximum atomic E-state index is 13.1. The number of aliphatic hydroxyl groups excluding tert-OH is 3. The average molecular weight is 1200 g/mol. The fourth-order valence-electron chi connectivity index (χ4n) is 11.9. The topological polar surface area (TPSA) is 221 Å². The van der Waals surface area contributed by atoms with Crippen molar-refractivity contribution >= 4 is 97.7 Å². The molecule has 3 amide bonds. The molecule has 0 unspecified atom stereocenters. The number of fused-ring (bicyclic) bond motifs is 3. The van der Waals surface area contributed by atoms with E-state index in [0.29, 0.717) is 52.9 Å². The zero-order valence-corrected chi connectivity index (χ0v) is 50.8. The van der Waals surface area contributed by atoms with Crippen LogP contribution in [0.1, 0.15) is 136 Å². The Labute approximate surface area is 495 Å². The van der Waals surface area contributed by atoms with Crippen LogP contribution in [0.2, 0.25) is 15.1 Å². The van der Waals surface area contributed by atoms with E-state index in [1.54, 1.807) is 46.6 Å². The molecule has 3 fully saturated rings.